The summed E-state index contributed by atoms with van der Waals surface area (Å²) in [4.78, 5) is 11.8. The van der Waals surface area contributed by atoms with Crippen LogP contribution in [0.15, 0.2) is 30.3 Å². The molecular formula is C13H17NO3. The zero-order valence-electron chi connectivity index (χ0n) is 9.80. The molecule has 1 aliphatic heterocycles. The SMILES string of the molecule is CC(OC(=O)[C@@H]1CC(O)CN1)c1ccccc1. The summed E-state index contributed by atoms with van der Waals surface area (Å²) in [5.41, 5.74) is 0.972. The predicted molar refractivity (Wildman–Crippen MR) is 63.4 cm³/mol. The molecule has 1 fully saturated rings. The molecule has 1 aromatic rings. The summed E-state index contributed by atoms with van der Waals surface area (Å²) >= 11 is 0. The summed E-state index contributed by atoms with van der Waals surface area (Å²) in [5, 5.41) is 12.3. The van der Waals surface area contributed by atoms with Crippen LogP contribution in [-0.2, 0) is 9.53 Å². The van der Waals surface area contributed by atoms with E-state index in [4.69, 9.17) is 4.74 Å². The Morgan fingerprint density at radius 2 is 2.18 bits per heavy atom. The molecule has 0 saturated carbocycles. The van der Waals surface area contributed by atoms with Gasteiger partial charge in [0, 0.05) is 13.0 Å². The molecule has 0 aromatic heterocycles. The Bertz CT molecular complexity index is 380. The Balaban J connectivity index is 1.91. The van der Waals surface area contributed by atoms with Gasteiger partial charge in [-0.25, -0.2) is 0 Å². The second-order valence-electron chi connectivity index (χ2n) is 4.34. The molecule has 0 spiro atoms. The molecule has 2 unspecified atom stereocenters. The fraction of sp³-hybridized carbons (Fsp3) is 0.462. The van der Waals surface area contributed by atoms with E-state index in [1.54, 1.807) is 0 Å². The van der Waals surface area contributed by atoms with Crippen molar-refractivity contribution in [1.82, 2.24) is 5.32 Å². The monoisotopic (exact) mass is 235 g/mol. The molecule has 2 rings (SSSR count). The van der Waals surface area contributed by atoms with Crippen LogP contribution in [0.5, 0.6) is 0 Å². The minimum absolute atomic E-state index is 0.261. The Labute approximate surface area is 101 Å². The van der Waals surface area contributed by atoms with Gasteiger partial charge in [-0.2, -0.15) is 0 Å². The number of rotatable bonds is 3. The van der Waals surface area contributed by atoms with Crippen molar-refractivity contribution >= 4 is 5.97 Å². The van der Waals surface area contributed by atoms with Gasteiger partial charge in [0.15, 0.2) is 0 Å². The van der Waals surface area contributed by atoms with E-state index in [-0.39, 0.29) is 18.1 Å². The van der Waals surface area contributed by atoms with Gasteiger partial charge in [0.25, 0.3) is 0 Å². The molecule has 0 radical (unpaired) electrons. The molecule has 1 aliphatic rings. The topological polar surface area (TPSA) is 58.6 Å². The number of carbonyl (C=O) groups excluding carboxylic acids is 1. The van der Waals surface area contributed by atoms with Crippen molar-refractivity contribution in [2.75, 3.05) is 6.54 Å². The van der Waals surface area contributed by atoms with Crippen LogP contribution in [0.1, 0.15) is 25.0 Å². The maximum absolute atomic E-state index is 11.8. The number of aliphatic hydroxyl groups excluding tert-OH is 1. The molecule has 4 nitrogen and oxygen atoms in total. The van der Waals surface area contributed by atoms with Gasteiger partial charge in [0.1, 0.15) is 12.1 Å². The molecule has 1 saturated heterocycles. The van der Waals surface area contributed by atoms with Crippen molar-refractivity contribution in [3.05, 3.63) is 35.9 Å². The van der Waals surface area contributed by atoms with Gasteiger partial charge in [0.05, 0.1) is 6.10 Å². The normalized spacial score (nSPS) is 25.5. The molecule has 1 aromatic carbocycles. The molecule has 1 heterocycles. The fourth-order valence-electron chi connectivity index (χ4n) is 1.95. The van der Waals surface area contributed by atoms with Crippen LogP contribution in [0, 0.1) is 0 Å². The quantitative estimate of drug-likeness (QED) is 0.768. The van der Waals surface area contributed by atoms with Crippen LogP contribution in [0.3, 0.4) is 0 Å². The summed E-state index contributed by atoms with van der Waals surface area (Å²) in [6.07, 6.45) is -0.275. The number of β-amino-alcohol motifs (C(OH)–C–C–N with tert-alkyl or cyclic N) is 1. The largest absolute Gasteiger partial charge is 0.457 e. The van der Waals surface area contributed by atoms with E-state index in [1.807, 2.05) is 37.3 Å². The average molecular weight is 235 g/mol. The van der Waals surface area contributed by atoms with Crippen LogP contribution in [-0.4, -0.2) is 29.8 Å². The van der Waals surface area contributed by atoms with E-state index in [9.17, 15) is 9.90 Å². The van der Waals surface area contributed by atoms with Crippen molar-refractivity contribution in [2.24, 2.45) is 0 Å². The standard InChI is InChI=1S/C13H17NO3/c1-9(10-5-3-2-4-6-10)17-13(16)12-7-11(15)8-14-12/h2-6,9,11-12,14-15H,7-8H2,1H3/t9?,11?,12-/m0/s1. The van der Waals surface area contributed by atoms with E-state index in [0.29, 0.717) is 13.0 Å². The second kappa shape index (κ2) is 5.29. The molecule has 0 aliphatic carbocycles. The van der Waals surface area contributed by atoms with Gasteiger partial charge in [-0.05, 0) is 12.5 Å². The molecule has 92 valence electrons. The number of aliphatic hydroxyl groups is 1. The van der Waals surface area contributed by atoms with Crippen molar-refractivity contribution < 1.29 is 14.6 Å². The summed E-state index contributed by atoms with van der Waals surface area (Å²) in [6, 6.07) is 9.22. The lowest BCUT2D eigenvalue weighted by Crippen LogP contribution is -2.32. The minimum atomic E-state index is -0.445. The first kappa shape index (κ1) is 12.1. The molecule has 3 atom stereocenters. The van der Waals surface area contributed by atoms with E-state index in [1.165, 1.54) is 0 Å². The highest BCUT2D eigenvalue weighted by atomic mass is 16.5. The minimum Gasteiger partial charge on any atom is -0.457 e. The lowest BCUT2D eigenvalue weighted by Gasteiger charge is -2.16. The number of hydrogen-bond acceptors (Lipinski definition) is 4. The van der Waals surface area contributed by atoms with Gasteiger partial charge >= 0.3 is 5.97 Å². The zero-order valence-corrected chi connectivity index (χ0v) is 9.80. The van der Waals surface area contributed by atoms with E-state index >= 15 is 0 Å². The van der Waals surface area contributed by atoms with Crippen LogP contribution >= 0.6 is 0 Å². The van der Waals surface area contributed by atoms with E-state index in [0.717, 1.165) is 5.56 Å². The van der Waals surface area contributed by atoms with Gasteiger partial charge < -0.3 is 15.2 Å². The first-order valence-electron chi connectivity index (χ1n) is 5.83. The predicted octanol–water partition coefficient (Wildman–Crippen LogP) is 1.01. The smallest absolute Gasteiger partial charge is 0.323 e. The molecular weight excluding hydrogens is 218 g/mol. The van der Waals surface area contributed by atoms with Crippen molar-refractivity contribution in [3.63, 3.8) is 0 Å². The Hall–Kier alpha value is -1.39. The molecule has 0 amide bonds. The molecule has 0 bridgehead atoms. The first-order chi connectivity index (χ1) is 8.16. The van der Waals surface area contributed by atoms with E-state index < -0.39 is 6.10 Å². The van der Waals surface area contributed by atoms with Crippen molar-refractivity contribution in [3.8, 4) is 0 Å². The summed E-state index contributed by atoms with van der Waals surface area (Å²) in [7, 11) is 0. The lowest BCUT2D eigenvalue weighted by atomic mass is 10.1. The number of benzene rings is 1. The number of ether oxygens (including phenoxy) is 1. The van der Waals surface area contributed by atoms with E-state index in [2.05, 4.69) is 5.32 Å². The van der Waals surface area contributed by atoms with Crippen molar-refractivity contribution in [2.45, 2.75) is 31.6 Å². The first-order valence-corrected chi connectivity index (χ1v) is 5.83. The number of carbonyl (C=O) groups is 1. The lowest BCUT2D eigenvalue weighted by molar-refractivity contribution is -0.150. The zero-order chi connectivity index (χ0) is 12.3. The van der Waals surface area contributed by atoms with Gasteiger partial charge in [-0.3, -0.25) is 4.79 Å². The third kappa shape index (κ3) is 3.05. The number of hydrogen-bond donors (Lipinski definition) is 2. The van der Waals surface area contributed by atoms with Gasteiger partial charge in [-0.15, -0.1) is 0 Å². The Morgan fingerprint density at radius 1 is 1.47 bits per heavy atom. The summed E-state index contributed by atoms with van der Waals surface area (Å²) < 4.78 is 5.36. The Morgan fingerprint density at radius 3 is 2.76 bits per heavy atom. The summed E-state index contributed by atoms with van der Waals surface area (Å²) in [6.45, 7) is 2.30. The van der Waals surface area contributed by atoms with Crippen molar-refractivity contribution in [1.29, 1.82) is 0 Å². The van der Waals surface area contributed by atoms with Crippen LogP contribution in [0.2, 0.25) is 0 Å². The van der Waals surface area contributed by atoms with Gasteiger partial charge in [0.2, 0.25) is 0 Å². The molecule has 4 heteroatoms. The summed E-state index contributed by atoms with van der Waals surface area (Å²) in [5.74, 6) is -0.294. The highest BCUT2D eigenvalue weighted by molar-refractivity contribution is 5.76. The molecule has 17 heavy (non-hydrogen) atoms. The maximum atomic E-state index is 11.8. The number of nitrogens with one attached hydrogen (secondary N) is 1. The number of esters is 1. The third-order valence-electron chi connectivity index (χ3n) is 2.95. The Kier molecular flexibility index (Phi) is 3.76. The average Bonchev–Trinajstić information content (AvgIpc) is 2.77. The van der Waals surface area contributed by atoms with Crippen LogP contribution in [0.4, 0.5) is 0 Å². The van der Waals surface area contributed by atoms with Crippen LogP contribution in [0.25, 0.3) is 0 Å². The molecule has 2 N–H and O–H groups in total. The third-order valence-corrected chi connectivity index (χ3v) is 2.95. The maximum Gasteiger partial charge on any atom is 0.323 e. The fourth-order valence-corrected chi connectivity index (χ4v) is 1.95. The van der Waals surface area contributed by atoms with Crippen LogP contribution < -0.4 is 5.32 Å². The van der Waals surface area contributed by atoms with Gasteiger partial charge in [-0.1, -0.05) is 30.3 Å². The second-order valence-corrected chi connectivity index (χ2v) is 4.34. The highest BCUT2D eigenvalue weighted by Gasteiger charge is 2.30. The highest BCUT2D eigenvalue weighted by Crippen LogP contribution is 2.18.